The van der Waals surface area contributed by atoms with Crippen molar-refractivity contribution in [1.82, 2.24) is 10.8 Å². The molecule has 1 saturated heterocycles. The Morgan fingerprint density at radius 3 is 3.06 bits per heavy atom. The van der Waals surface area contributed by atoms with Gasteiger partial charge in [-0.25, -0.2) is 5.48 Å². The van der Waals surface area contributed by atoms with Crippen LogP contribution in [0.25, 0.3) is 0 Å². The van der Waals surface area contributed by atoms with Crippen LogP contribution in [0.15, 0.2) is 0 Å². The van der Waals surface area contributed by atoms with E-state index >= 15 is 0 Å². The second-order valence-electron chi connectivity index (χ2n) is 3.73. The molecule has 7 heteroatoms. The van der Waals surface area contributed by atoms with E-state index in [0.29, 0.717) is 13.2 Å². The number of carboxylic acid groups (broad SMARTS) is 1. The molecule has 2 unspecified atom stereocenters. The van der Waals surface area contributed by atoms with Crippen LogP contribution in [0.4, 0.5) is 0 Å². The number of carbonyl (C=O) groups excluding carboxylic acids is 1. The fourth-order valence-corrected chi connectivity index (χ4v) is 1.40. The number of nitrogens with two attached hydrogens (primary N) is 1. The zero-order valence-electron chi connectivity index (χ0n) is 8.94. The molecule has 1 aliphatic rings. The molecule has 16 heavy (non-hydrogen) atoms. The monoisotopic (exact) mass is 231 g/mol. The van der Waals surface area contributed by atoms with Crippen LogP contribution in [0.1, 0.15) is 12.8 Å². The Morgan fingerprint density at radius 2 is 2.38 bits per heavy atom. The average Bonchev–Trinajstić information content (AvgIpc) is 2.53. The van der Waals surface area contributed by atoms with Gasteiger partial charge in [-0.15, -0.1) is 0 Å². The fourth-order valence-electron chi connectivity index (χ4n) is 1.40. The highest BCUT2D eigenvalue weighted by molar-refractivity contribution is 5.80. The SMILES string of the molecule is NC(CNC(=O)C1CCCONC1)C(=O)O. The Hall–Kier alpha value is -1.18. The van der Waals surface area contributed by atoms with E-state index in [0.717, 1.165) is 12.8 Å². The summed E-state index contributed by atoms with van der Waals surface area (Å²) in [5.74, 6) is -1.50. The Balaban J connectivity index is 2.30. The molecule has 0 aromatic rings. The highest BCUT2D eigenvalue weighted by atomic mass is 16.6. The summed E-state index contributed by atoms with van der Waals surface area (Å²) >= 11 is 0. The number of hydroxylamine groups is 1. The Bertz CT molecular complexity index is 251. The Labute approximate surface area is 93.3 Å². The van der Waals surface area contributed by atoms with E-state index in [1.807, 2.05) is 0 Å². The highest BCUT2D eigenvalue weighted by Crippen LogP contribution is 2.08. The van der Waals surface area contributed by atoms with E-state index in [9.17, 15) is 9.59 Å². The maximum Gasteiger partial charge on any atom is 0.322 e. The number of rotatable bonds is 4. The van der Waals surface area contributed by atoms with Gasteiger partial charge in [0.25, 0.3) is 0 Å². The number of aliphatic carboxylic acids is 1. The van der Waals surface area contributed by atoms with E-state index < -0.39 is 12.0 Å². The number of carboxylic acids is 1. The minimum absolute atomic E-state index is 0.0501. The van der Waals surface area contributed by atoms with Crippen molar-refractivity contribution in [2.45, 2.75) is 18.9 Å². The molecule has 2 atom stereocenters. The van der Waals surface area contributed by atoms with Crippen molar-refractivity contribution in [3.63, 3.8) is 0 Å². The van der Waals surface area contributed by atoms with Crippen molar-refractivity contribution in [2.24, 2.45) is 11.7 Å². The van der Waals surface area contributed by atoms with Gasteiger partial charge in [-0.3, -0.25) is 9.59 Å². The summed E-state index contributed by atoms with van der Waals surface area (Å²) in [6.45, 7) is 0.970. The first-order valence-corrected chi connectivity index (χ1v) is 5.22. The molecule has 5 N–H and O–H groups in total. The Morgan fingerprint density at radius 1 is 1.62 bits per heavy atom. The summed E-state index contributed by atoms with van der Waals surface area (Å²) in [5, 5.41) is 11.1. The lowest BCUT2D eigenvalue weighted by Gasteiger charge is -2.14. The van der Waals surface area contributed by atoms with Crippen molar-refractivity contribution in [2.75, 3.05) is 19.7 Å². The van der Waals surface area contributed by atoms with Crippen LogP contribution in [-0.4, -0.2) is 42.7 Å². The summed E-state index contributed by atoms with van der Waals surface area (Å²) < 4.78 is 0. The summed E-state index contributed by atoms with van der Waals surface area (Å²) in [5.41, 5.74) is 7.95. The van der Waals surface area contributed by atoms with Crippen LogP contribution in [0.5, 0.6) is 0 Å². The van der Waals surface area contributed by atoms with Crippen LogP contribution in [0.2, 0.25) is 0 Å². The number of amides is 1. The number of carbonyl (C=O) groups is 2. The third kappa shape index (κ3) is 4.13. The van der Waals surface area contributed by atoms with Crippen molar-refractivity contribution in [3.05, 3.63) is 0 Å². The van der Waals surface area contributed by atoms with Gasteiger partial charge in [0.2, 0.25) is 5.91 Å². The van der Waals surface area contributed by atoms with Gasteiger partial charge >= 0.3 is 5.97 Å². The van der Waals surface area contributed by atoms with Crippen molar-refractivity contribution < 1.29 is 19.5 Å². The molecule has 0 aliphatic carbocycles. The predicted octanol–water partition coefficient (Wildman–Crippen LogP) is -1.55. The molecular formula is C9H17N3O4. The van der Waals surface area contributed by atoms with Gasteiger partial charge in [-0.1, -0.05) is 0 Å². The molecule has 92 valence electrons. The van der Waals surface area contributed by atoms with Crippen LogP contribution >= 0.6 is 0 Å². The van der Waals surface area contributed by atoms with Crippen molar-refractivity contribution in [1.29, 1.82) is 0 Å². The second-order valence-corrected chi connectivity index (χ2v) is 3.73. The van der Waals surface area contributed by atoms with Gasteiger partial charge in [0.1, 0.15) is 6.04 Å². The summed E-state index contributed by atoms with van der Waals surface area (Å²) in [6.07, 6.45) is 1.53. The summed E-state index contributed by atoms with van der Waals surface area (Å²) in [4.78, 5) is 27.0. The third-order valence-electron chi connectivity index (χ3n) is 2.41. The lowest BCUT2D eigenvalue weighted by Crippen LogP contribution is -2.45. The van der Waals surface area contributed by atoms with Crippen molar-refractivity contribution >= 4 is 11.9 Å². The zero-order chi connectivity index (χ0) is 12.0. The topological polar surface area (TPSA) is 114 Å². The van der Waals surface area contributed by atoms with Crippen LogP contribution in [0, 0.1) is 5.92 Å². The number of nitrogens with one attached hydrogen (secondary N) is 2. The van der Waals surface area contributed by atoms with Crippen LogP contribution < -0.4 is 16.5 Å². The van der Waals surface area contributed by atoms with Gasteiger partial charge < -0.3 is 21.0 Å². The van der Waals surface area contributed by atoms with E-state index in [4.69, 9.17) is 15.7 Å². The minimum Gasteiger partial charge on any atom is -0.480 e. The molecule has 0 aromatic carbocycles. The van der Waals surface area contributed by atoms with Crippen LogP contribution in [0.3, 0.4) is 0 Å². The lowest BCUT2D eigenvalue weighted by atomic mass is 10.0. The molecule has 1 heterocycles. The largest absolute Gasteiger partial charge is 0.480 e. The Kier molecular flexibility index (Phi) is 5.17. The molecule has 0 radical (unpaired) electrons. The first kappa shape index (κ1) is 12.9. The number of hydrogen-bond donors (Lipinski definition) is 4. The summed E-state index contributed by atoms with van der Waals surface area (Å²) in [7, 11) is 0. The molecule has 0 bridgehead atoms. The van der Waals surface area contributed by atoms with Gasteiger partial charge in [0, 0.05) is 13.1 Å². The molecule has 1 rings (SSSR count). The first-order valence-electron chi connectivity index (χ1n) is 5.22. The molecular weight excluding hydrogens is 214 g/mol. The van der Waals surface area contributed by atoms with E-state index in [1.54, 1.807) is 0 Å². The van der Waals surface area contributed by atoms with Crippen molar-refractivity contribution in [3.8, 4) is 0 Å². The van der Waals surface area contributed by atoms with Gasteiger partial charge in [0.15, 0.2) is 0 Å². The van der Waals surface area contributed by atoms with E-state index in [-0.39, 0.29) is 18.4 Å². The standard InChI is InChI=1S/C9H17N3O4/c10-7(9(14)15)5-11-8(13)6-2-1-3-16-12-4-6/h6-7,12H,1-5,10H2,(H,11,13)(H,14,15). The summed E-state index contributed by atoms with van der Waals surface area (Å²) in [6, 6.07) is -1.06. The molecule has 1 aliphatic heterocycles. The quantitative estimate of drug-likeness (QED) is 0.465. The maximum absolute atomic E-state index is 11.6. The average molecular weight is 231 g/mol. The van der Waals surface area contributed by atoms with Gasteiger partial charge in [-0.05, 0) is 12.8 Å². The molecule has 0 saturated carbocycles. The van der Waals surface area contributed by atoms with E-state index in [2.05, 4.69) is 10.8 Å². The second kappa shape index (κ2) is 6.41. The van der Waals surface area contributed by atoms with E-state index in [1.165, 1.54) is 0 Å². The fraction of sp³-hybridized carbons (Fsp3) is 0.778. The molecule has 1 fully saturated rings. The van der Waals surface area contributed by atoms with Crippen LogP contribution in [-0.2, 0) is 14.4 Å². The van der Waals surface area contributed by atoms with Gasteiger partial charge in [0.05, 0.1) is 12.5 Å². The predicted molar refractivity (Wildman–Crippen MR) is 55.3 cm³/mol. The molecule has 0 aromatic heterocycles. The lowest BCUT2D eigenvalue weighted by molar-refractivity contribution is -0.138. The first-order chi connectivity index (χ1) is 7.61. The number of hydrogen-bond acceptors (Lipinski definition) is 5. The molecule has 7 nitrogen and oxygen atoms in total. The third-order valence-corrected chi connectivity index (χ3v) is 2.41. The smallest absolute Gasteiger partial charge is 0.322 e. The normalized spacial score (nSPS) is 23.2. The minimum atomic E-state index is -1.12. The maximum atomic E-state index is 11.6. The zero-order valence-corrected chi connectivity index (χ0v) is 8.94. The highest BCUT2D eigenvalue weighted by Gasteiger charge is 2.21. The molecule has 1 amide bonds. The van der Waals surface area contributed by atoms with Gasteiger partial charge in [-0.2, -0.15) is 0 Å². The molecule has 0 spiro atoms.